The van der Waals surface area contributed by atoms with Gasteiger partial charge < -0.3 is 9.47 Å². The van der Waals surface area contributed by atoms with Crippen molar-refractivity contribution in [3.63, 3.8) is 0 Å². The van der Waals surface area contributed by atoms with Crippen LogP contribution in [0.2, 0.25) is 0 Å². The second-order valence-electron chi connectivity index (χ2n) is 5.55. The molecule has 128 valence electrons. The van der Waals surface area contributed by atoms with Crippen LogP contribution in [0, 0.1) is 17.7 Å². The third kappa shape index (κ3) is 5.11. The number of hydrogen-bond acceptors (Lipinski definition) is 3. The van der Waals surface area contributed by atoms with Crippen LogP contribution < -0.4 is 4.74 Å². The first-order valence-corrected chi connectivity index (χ1v) is 7.48. The average Bonchev–Trinajstić information content (AvgIpc) is 2.52. The minimum atomic E-state index is -4.27. The SMILES string of the molecule is O=C(OCCOc1ccccc1F)[C@H]1CCC[C@H](C(F)(F)F)C1. The summed E-state index contributed by atoms with van der Waals surface area (Å²) in [4.78, 5) is 11.8. The van der Waals surface area contributed by atoms with Gasteiger partial charge in [0.1, 0.15) is 13.2 Å². The van der Waals surface area contributed by atoms with Gasteiger partial charge in [0, 0.05) is 0 Å². The lowest BCUT2D eigenvalue weighted by molar-refractivity contribution is -0.189. The van der Waals surface area contributed by atoms with E-state index in [1.807, 2.05) is 0 Å². The van der Waals surface area contributed by atoms with Crippen LogP contribution >= 0.6 is 0 Å². The Hall–Kier alpha value is -1.79. The highest BCUT2D eigenvalue weighted by molar-refractivity contribution is 5.72. The first-order valence-electron chi connectivity index (χ1n) is 7.48. The van der Waals surface area contributed by atoms with E-state index in [4.69, 9.17) is 9.47 Å². The molecule has 0 aromatic heterocycles. The molecule has 1 aromatic rings. The van der Waals surface area contributed by atoms with Gasteiger partial charge in [-0.15, -0.1) is 0 Å². The van der Waals surface area contributed by atoms with Crippen molar-refractivity contribution in [3.05, 3.63) is 30.1 Å². The molecule has 0 aliphatic heterocycles. The molecule has 1 saturated carbocycles. The van der Waals surface area contributed by atoms with E-state index in [0.717, 1.165) is 0 Å². The van der Waals surface area contributed by atoms with Gasteiger partial charge in [-0.3, -0.25) is 4.79 Å². The zero-order valence-corrected chi connectivity index (χ0v) is 12.4. The minimum Gasteiger partial charge on any atom is -0.487 e. The maximum absolute atomic E-state index is 13.3. The van der Waals surface area contributed by atoms with E-state index >= 15 is 0 Å². The van der Waals surface area contributed by atoms with Crippen LogP contribution in [0.3, 0.4) is 0 Å². The minimum absolute atomic E-state index is 0.0401. The second kappa shape index (κ2) is 7.66. The molecule has 3 nitrogen and oxygen atoms in total. The quantitative estimate of drug-likeness (QED) is 0.462. The van der Waals surface area contributed by atoms with Crippen molar-refractivity contribution >= 4 is 5.97 Å². The number of ether oxygens (including phenoxy) is 2. The predicted octanol–water partition coefficient (Wildman–Crippen LogP) is 4.12. The van der Waals surface area contributed by atoms with Crippen LogP contribution in [-0.2, 0) is 9.53 Å². The molecule has 1 aliphatic carbocycles. The van der Waals surface area contributed by atoms with Crippen molar-refractivity contribution < 1.29 is 31.8 Å². The Bertz CT molecular complexity index is 530. The number of halogens is 4. The maximum Gasteiger partial charge on any atom is 0.391 e. The second-order valence-corrected chi connectivity index (χ2v) is 5.55. The van der Waals surface area contributed by atoms with Crippen LogP contribution in [0.1, 0.15) is 25.7 Å². The highest BCUT2D eigenvalue weighted by atomic mass is 19.4. The summed E-state index contributed by atoms with van der Waals surface area (Å²) in [6, 6.07) is 5.79. The molecule has 2 atom stereocenters. The summed E-state index contributed by atoms with van der Waals surface area (Å²) < 4.78 is 61.5. The van der Waals surface area contributed by atoms with Crippen molar-refractivity contribution in [3.8, 4) is 5.75 Å². The number of para-hydroxylation sites is 1. The van der Waals surface area contributed by atoms with E-state index in [1.165, 1.54) is 18.2 Å². The normalized spacial score (nSPS) is 21.7. The van der Waals surface area contributed by atoms with Gasteiger partial charge >= 0.3 is 12.1 Å². The Labute approximate surface area is 131 Å². The molecular formula is C16H18F4O3. The number of esters is 1. The van der Waals surface area contributed by atoms with Crippen LogP contribution in [0.4, 0.5) is 17.6 Å². The predicted molar refractivity (Wildman–Crippen MR) is 74.4 cm³/mol. The third-order valence-corrected chi connectivity index (χ3v) is 3.89. The monoisotopic (exact) mass is 334 g/mol. The first-order chi connectivity index (χ1) is 10.9. The average molecular weight is 334 g/mol. The van der Waals surface area contributed by atoms with Gasteiger partial charge in [-0.2, -0.15) is 13.2 Å². The zero-order valence-electron chi connectivity index (χ0n) is 12.4. The zero-order chi connectivity index (χ0) is 16.9. The van der Waals surface area contributed by atoms with E-state index in [0.29, 0.717) is 12.8 Å². The van der Waals surface area contributed by atoms with Crippen LogP contribution in [0.25, 0.3) is 0 Å². The molecule has 0 saturated heterocycles. The van der Waals surface area contributed by atoms with E-state index in [1.54, 1.807) is 6.07 Å². The number of rotatable bonds is 5. The number of alkyl halides is 3. The molecule has 0 bridgehead atoms. The molecule has 0 N–H and O–H groups in total. The highest BCUT2D eigenvalue weighted by Crippen LogP contribution is 2.40. The summed E-state index contributed by atoms with van der Waals surface area (Å²) in [6.07, 6.45) is -3.68. The fourth-order valence-corrected chi connectivity index (χ4v) is 2.67. The Morgan fingerprint density at radius 1 is 1.17 bits per heavy atom. The lowest BCUT2D eigenvalue weighted by Gasteiger charge is -2.29. The Morgan fingerprint density at radius 2 is 1.91 bits per heavy atom. The summed E-state index contributed by atoms with van der Waals surface area (Å²) in [5.41, 5.74) is 0. The van der Waals surface area contributed by atoms with Gasteiger partial charge in [-0.1, -0.05) is 18.6 Å². The lowest BCUT2D eigenvalue weighted by atomic mass is 9.81. The molecular weight excluding hydrogens is 316 g/mol. The van der Waals surface area contributed by atoms with E-state index in [2.05, 4.69) is 0 Å². The Morgan fingerprint density at radius 3 is 2.61 bits per heavy atom. The first kappa shape index (κ1) is 17.6. The molecule has 0 heterocycles. The standard InChI is InChI=1S/C16H18F4O3/c17-13-6-1-2-7-14(13)22-8-9-23-15(21)11-4-3-5-12(10-11)16(18,19)20/h1-2,6-7,11-12H,3-5,8-10H2/t11-,12-/m0/s1. The molecule has 1 fully saturated rings. The highest BCUT2D eigenvalue weighted by Gasteiger charge is 2.43. The molecule has 1 aromatic carbocycles. The smallest absolute Gasteiger partial charge is 0.391 e. The molecule has 0 unspecified atom stereocenters. The van der Waals surface area contributed by atoms with Gasteiger partial charge in [0.2, 0.25) is 0 Å². The van der Waals surface area contributed by atoms with Crippen LogP contribution in [0.15, 0.2) is 24.3 Å². The fourth-order valence-electron chi connectivity index (χ4n) is 2.67. The van der Waals surface area contributed by atoms with E-state index in [-0.39, 0.29) is 31.8 Å². The van der Waals surface area contributed by atoms with Crippen molar-refractivity contribution in [2.45, 2.75) is 31.9 Å². The Kier molecular flexibility index (Phi) is 5.85. The molecule has 23 heavy (non-hydrogen) atoms. The summed E-state index contributed by atoms with van der Waals surface area (Å²) in [7, 11) is 0. The number of benzene rings is 1. The number of carbonyl (C=O) groups is 1. The van der Waals surface area contributed by atoms with Gasteiger partial charge in [0.15, 0.2) is 11.6 Å². The number of hydrogen-bond donors (Lipinski definition) is 0. The van der Waals surface area contributed by atoms with Gasteiger partial charge in [-0.25, -0.2) is 4.39 Å². The number of carbonyl (C=O) groups excluding carboxylic acids is 1. The molecule has 7 heteroatoms. The van der Waals surface area contributed by atoms with Gasteiger partial charge in [0.05, 0.1) is 11.8 Å². The van der Waals surface area contributed by atoms with Gasteiger partial charge in [-0.05, 0) is 31.4 Å². The van der Waals surface area contributed by atoms with E-state index in [9.17, 15) is 22.4 Å². The van der Waals surface area contributed by atoms with Crippen molar-refractivity contribution in [1.82, 2.24) is 0 Å². The molecule has 1 aliphatic rings. The molecule has 0 spiro atoms. The molecule has 0 radical (unpaired) electrons. The summed E-state index contributed by atoms with van der Waals surface area (Å²) >= 11 is 0. The van der Waals surface area contributed by atoms with Crippen molar-refractivity contribution in [2.24, 2.45) is 11.8 Å². The lowest BCUT2D eigenvalue weighted by Crippen LogP contribution is -2.33. The van der Waals surface area contributed by atoms with Crippen LogP contribution in [0.5, 0.6) is 5.75 Å². The topological polar surface area (TPSA) is 35.5 Å². The summed E-state index contributed by atoms with van der Waals surface area (Å²) in [5, 5.41) is 0. The fraction of sp³-hybridized carbons (Fsp3) is 0.562. The van der Waals surface area contributed by atoms with E-state index < -0.39 is 29.8 Å². The molecule has 0 amide bonds. The Balaban J connectivity index is 1.73. The summed E-state index contributed by atoms with van der Waals surface area (Å²) in [6.45, 7) is -0.178. The van der Waals surface area contributed by atoms with Crippen molar-refractivity contribution in [2.75, 3.05) is 13.2 Å². The van der Waals surface area contributed by atoms with Crippen molar-refractivity contribution in [1.29, 1.82) is 0 Å². The van der Waals surface area contributed by atoms with Crippen LogP contribution in [-0.4, -0.2) is 25.4 Å². The largest absolute Gasteiger partial charge is 0.487 e. The molecule has 2 rings (SSSR count). The van der Waals surface area contributed by atoms with Gasteiger partial charge in [0.25, 0.3) is 0 Å². The third-order valence-electron chi connectivity index (χ3n) is 3.89. The maximum atomic E-state index is 13.3. The summed E-state index contributed by atoms with van der Waals surface area (Å²) in [5.74, 6) is -3.30.